The van der Waals surface area contributed by atoms with E-state index in [1.165, 1.54) is 6.92 Å². The van der Waals surface area contributed by atoms with Crippen LogP contribution < -0.4 is 0 Å². The largest absolute Gasteiger partial charge is 0.244 e. The standard InChI is InChI=1S/C6H11FO2S/c1-6(7)2-4-10(8,9)5-3-6/h2-5H2,1H3. The Bertz CT molecular complexity index is 202. The molecule has 4 heteroatoms. The lowest BCUT2D eigenvalue weighted by atomic mass is 10.0. The molecule has 0 aromatic rings. The number of sulfone groups is 1. The highest BCUT2D eigenvalue weighted by Crippen LogP contribution is 2.26. The van der Waals surface area contributed by atoms with E-state index in [1.807, 2.05) is 0 Å². The SMILES string of the molecule is CC1(F)CCS(=O)(=O)CC1. The molecule has 0 aliphatic carbocycles. The van der Waals surface area contributed by atoms with E-state index in [-0.39, 0.29) is 24.3 Å². The first-order valence-corrected chi connectivity index (χ1v) is 5.13. The van der Waals surface area contributed by atoms with E-state index in [0.717, 1.165) is 0 Å². The van der Waals surface area contributed by atoms with E-state index in [1.54, 1.807) is 0 Å². The van der Waals surface area contributed by atoms with Gasteiger partial charge < -0.3 is 0 Å². The van der Waals surface area contributed by atoms with Crippen molar-refractivity contribution in [1.82, 2.24) is 0 Å². The predicted octanol–water partition coefficient (Wildman–Crippen LogP) is 0.923. The van der Waals surface area contributed by atoms with Gasteiger partial charge in [0.05, 0.1) is 11.5 Å². The van der Waals surface area contributed by atoms with E-state index < -0.39 is 15.5 Å². The molecule has 1 saturated heterocycles. The molecule has 0 bridgehead atoms. The molecule has 0 spiro atoms. The smallest absolute Gasteiger partial charge is 0.150 e. The maximum atomic E-state index is 13.0. The second-order valence-electron chi connectivity index (χ2n) is 3.07. The van der Waals surface area contributed by atoms with Crippen molar-refractivity contribution in [3.05, 3.63) is 0 Å². The normalized spacial score (nSPS) is 29.8. The minimum absolute atomic E-state index is 0.0139. The van der Waals surface area contributed by atoms with E-state index in [0.29, 0.717) is 0 Å². The average Bonchev–Trinajstić information content (AvgIpc) is 1.79. The topological polar surface area (TPSA) is 34.1 Å². The van der Waals surface area contributed by atoms with Gasteiger partial charge in [-0.15, -0.1) is 0 Å². The third kappa shape index (κ3) is 1.94. The summed E-state index contributed by atoms with van der Waals surface area (Å²) in [4.78, 5) is 0. The molecule has 1 rings (SSSR count). The molecule has 0 unspecified atom stereocenters. The van der Waals surface area contributed by atoms with Gasteiger partial charge in [0.1, 0.15) is 5.67 Å². The maximum Gasteiger partial charge on any atom is 0.150 e. The van der Waals surface area contributed by atoms with Crippen molar-refractivity contribution < 1.29 is 12.8 Å². The van der Waals surface area contributed by atoms with Crippen LogP contribution in [0.5, 0.6) is 0 Å². The molecule has 1 aliphatic rings. The number of hydrogen-bond acceptors (Lipinski definition) is 2. The van der Waals surface area contributed by atoms with Gasteiger partial charge in [0.2, 0.25) is 0 Å². The van der Waals surface area contributed by atoms with Gasteiger partial charge in [-0.05, 0) is 19.8 Å². The first-order chi connectivity index (χ1) is 4.41. The zero-order valence-electron chi connectivity index (χ0n) is 5.93. The van der Waals surface area contributed by atoms with Gasteiger partial charge in [0.25, 0.3) is 0 Å². The summed E-state index contributed by atoms with van der Waals surface area (Å²) in [5.41, 5.74) is -1.24. The minimum atomic E-state index is -2.89. The highest BCUT2D eigenvalue weighted by atomic mass is 32.2. The zero-order valence-corrected chi connectivity index (χ0v) is 6.75. The molecule has 0 N–H and O–H groups in total. The number of halogens is 1. The molecule has 1 fully saturated rings. The van der Waals surface area contributed by atoms with Crippen molar-refractivity contribution in [3.63, 3.8) is 0 Å². The summed E-state index contributed by atoms with van der Waals surface area (Å²) in [6, 6.07) is 0. The summed E-state index contributed by atoms with van der Waals surface area (Å²) in [6.45, 7) is 1.46. The second-order valence-corrected chi connectivity index (χ2v) is 5.37. The summed E-state index contributed by atoms with van der Waals surface area (Å²) >= 11 is 0. The first kappa shape index (κ1) is 7.98. The van der Waals surface area contributed by atoms with Crippen LogP contribution in [0.2, 0.25) is 0 Å². The molecule has 60 valence electrons. The molecule has 2 nitrogen and oxygen atoms in total. The summed E-state index contributed by atoms with van der Waals surface area (Å²) in [5, 5.41) is 0. The summed E-state index contributed by atoms with van der Waals surface area (Å²) < 4.78 is 34.5. The Morgan fingerprint density at radius 3 is 2.00 bits per heavy atom. The van der Waals surface area contributed by atoms with Crippen LogP contribution in [0.15, 0.2) is 0 Å². The lowest BCUT2D eigenvalue weighted by Crippen LogP contribution is -2.32. The molecule has 0 aromatic carbocycles. The summed E-state index contributed by atoms with van der Waals surface area (Å²) in [6.07, 6.45) is 0.324. The third-order valence-corrected chi connectivity index (χ3v) is 3.52. The van der Waals surface area contributed by atoms with Crippen LogP contribution in [0.3, 0.4) is 0 Å². The van der Waals surface area contributed by atoms with Crippen molar-refractivity contribution in [1.29, 1.82) is 0 Å². The van der Waals surface area contributed by atoms with E-state index in [2.05, 4.69) is 0 Å². The van der Waals surface area contributed by atoms with Crippen molar-refractivity contribution in [2.75, 3.05) is 11.5 Å². The Morgan fingerprint density at radius 1 is 1.30 bits per heavy atom. The maximum absolute atomic E-state index is 13.0. The fourth-order valence-electron chi connectivity index (χ4n) is 0.964. The molecule has 1 heterocycles. The quantitative estimate of drug-likeness (QED) is 0.536. The first-order valence-electron chi connectivity index (χ1n) is 3.31. The Hall–Kier alpha value is -0.120. The number of alkyl halides is 1. The molecule has 0 amide bonds. The van der Waals surface area contributed by atoms with Crippen LogP contribution in [-0.2, 0) is 9.84 Å². The van der Waals surface area contributed by atoms with Crippen molar-refractivity contribution in [2.45, 2.75) is 25.4 Å². The molecule has 0 radical (unpaired) electrons. The predicted molar refractivity (Wildman–Crippen MR) is 37.4 cm³/mol. The van der Waals surface area contributed by atoms with E-state index in [4.69, 9.17) is 0 Å². The third-order valence-electron chi connectivity index (χ3n) is 1.87. The van der Waals surface area contributed by atoms with E-state index in [9.17, 15) is 12.8 Å². The van der Waals surface area contributed by atoms with Crippen molar-refractivity contribution >= 4 is 9.84 Å². The van der Waals surface area contributed by atoms with Crippen LogP contribution in [0.4, 0.5) is 4.39 Å². The lowest BCUT2D eigenvalue weighted by Gasteiger charge is -2.24. The molecule has 10 heavy (non-hydrogen) atoms. The molecule has 0 atom stereocenters. The van der Waals surface area contributed by atoms with Gasteiger partial charge in [-0.3, -0.25) is 0 Å². The highest BCUT2D eigenvalue weighted by molar-refractivity contribution is 7.91. The number of hydrogen-bond donors (Lipinski definition) is 0. The van der Waals surface area contributed by atoms with Gasteiger partial charge in [-0.25, -0.2) is 12.8 Å². The Balaban J connectivity index is 2.63. The van der Waals surface area contributed by atoms with Crippen LogP contribution in [0, 0.1) is 0 Å². The fourth-order valence-corrected chi connectivity index (χ4v) is 2.64. The average molecular weight is 166 g/mol. The van der Waals surface area contributed by atoms with Crippen molar-refractivity contribution in [3.8, 4) is 0 Å². The molecule has 0 aromatic heterocycles. The van der Waals surface area contributed by atoms with Gasteiger partial charge in [-0.2, -0.15) is 0 Å². The van der Waals surface area contributed by atoms with E-state index >= 15 is 0 Å². The van der Waals surface area contributed by atoms with Crippen molar-refractivity contribution in [2.24, 2.45) is 0 Å². The lowest BCUT2D eigenvalue weighted by molar-refractivity contribution is 0.173. The Morgan fingerprint density at radius 2 is 1.70 bits per heavy atom. The van der Waals surface area contributed by atoms with Gasteiger partial charge >= 0.3 is 0 Å². The van der Waals surface area contributed by atoms with Crippen LogP contribution in [0.25, 0.3) is 0 Å². The van der Waals surface area contributed by atoms with Crippen LogP contribution in [-0.4, -0.2) is 25.6 Å². The Kier molecular flexibility index (Phi) is 1.75. The summed E-state index contributed by atoms with van der Waals surface area (Å²) in [5.74, 6) is 0.0278. The van der Waals surface area contributed by atoms with Crippen LogP contribution >= 0.6 is 0 Å². The molecule has 0 saturated carbocycles. The zero-order chi connectivity index (χ0) is 7.83. The fraction of sp³-hybridized carbons (Fsp3) is 1.00. The van der Waals surface area contributed by atoms with Gasteiger partial charge in [-0.1, -0.05) is 0 Å². The highest BCUT2D eigenvalue weighted by Gasteiger charge is 2.32. The van der Waals surface area contributed by atoms with Gasteiger partial charge in [0, 0.05) is 0 Å². The molecular weight excluding hydrogens is 155 g/mol. The summed E-state index contributed by atoms with van der Waals surface area (Å²) in [7, 11) is -2.89. The molecular formula is C6H11FO2S. The minimum Gasteiger partial charge on any atom is -0.244 e. The van der Waals surface area contributed by atoms with Gasteiger partial charge in [0.15, 0.2) is 9.84 Å². The Labute approximate surface area is 60.3 Å². The monoisotopic (exact) mass is 166 g/mol. The number of rotatable bonds is 0. The van der Waals surface area contributed by atoms with Crippen LogP contribution in [0.1, 0.15) is 19.8 Å². The second kappa shape index (κ2) is 2.19. The molecule has 1 aliphatic heterocycles.